The van der Waals surface area contributed by atoms with E-state index in [1.165, 1.54) is 6.07 Å². The van der Waals surface area contributed by atoms with Crippen LogP contribution in [0.15, 0.2) is 33.7 Å². The van der Waals surface area contributed by atoms with Crippen LogP contribution in [0.5, 0.6) is 0 Å². The van der Waals surface area contributed by atoms with Gasteiger partial charge in [0.25, 0.3) is 15.8 Å². The summed E-state index contributed by atoms with van der Waals surface area (Å²) in [5.74, 6) is 0. The number of non-ortho nitro benzene ring substituents is 1. The molecule has 1 aromatic heterocycles. The fraction of sp³-hybridized carbons (Fsp3) is 0. The van der Waals surface area contributed by atoms with E-state index in [-0.39, 0.29) is 27.6 Å². The number of fused-ring (bicyclic) bond motifs is 3. The van der Waals surface area contributed by atoms with Gasteiger partial charge in [-0.15, -0.1) is 5.10 Å². The Kier molecular flexibility index (Phi) is 2.46. The summed E-state index contributed by atoms with van der Waals surface area (Å²) in [5, 5.41) is 18.0. The molecule has 10 heteroatoms. The molecule has 0 saturated carbocycles. The second-order valence-electron chi connectivity index (χ2n) is 3.96. The molecule has 102 valence electrons. The number of hydrogen-bond acceptors (Lipinski definition) is 7. The maximum Gasteiger partial charge on any atom is 0.295 e. The summed E-state index contributed by atoms with van der Waals surface area (Å²) in [5.41, 5.74) is -0.0592. The number of nitrogens with zero attached hydrogens (tertiary/aromatic N) is 3. The standard InChI is InChI=1S/C10H5N3O6S/c14-13(15)5-1-2-6-7(3-5)10-8(19-12-11-10)4-9(6)20(16,17)18/h1-4H,(H,16,17,18). The van der Waals surface area contributed by atoms with Gasteiger partial charge in [-0.05, 0) is 6.07 Å². The SMILES string of the molecule is O=[N+]([O-])c1ccc2c(S(=O)(=O)O)cc3onnc3c2c1. The molecule has 0 atom stereocenters. The highest BCUT2D eigenvalue weighted by Crippen LogP contribution is 2.32. The summed E-state index contributed by atoms with van der Waals surface area (Å²) in [6, 6.07) is 4.58. The van der Waals surface area contributed by atoms with Gasteiger partial charge in [0.2, 0.25) is 0 Å². The zero-order valence-corrected chi connectivity index (χ0v) is 10.4. The predicted octanol–water partition coefficient (Wildman–Crippen LogP) is 1.53. The average Bonchev–Trinajstić information content (AvgIpc) is 2.84. The Morgan fingerprint density at radius 3 is 2.65 bits per heavy atom. The topological polar surface area (TPSA) is 136 Å². The number of rotatable bonds is 2. The van der Waals surface area contributed by atoms with Crippen molar-refractivity contribution in [3.63, 3.8) is 0 Å². The van der Waals surface area contributed by atoms with E-state index in [2.05, 4.69) is 10.4 Å². The molecule has 0 bridgehead atoms. The van der Waals surface area contributed by atoms with Gasteiger partial charge in [-0.1, -0.05) is 0 Å². The molecule has 0 aliphatic carbocycles. The summed E-state index contributed by atoms with van der Waals surface area (Å²) >= 11 is 0. The molecule has 0 fully saturated rings. The van der Waals surface area contributed by atoms with Gasteiger partial charge in [0.1, 0.15) is 10.4 Å². The van der Waals surface area contributed by atoms with Crippen molar-refractivity contribution >= 4 is 37.7 Å². The summed E-state index contributed by atoms with van der Waals surface area (Å²) < 4.78 is 36.7. The Bertz CT molecular complexity index is 962. The lowest BCUT2D eigenvalue weighted by molar-refractivity contribution is -0.384. The van der Waals surface area contributed by atoms with Crippen LogP contribution in [0.25, 0.3) is 21.9 Å². The lowest BCUT2D eigenvalue weighted by atomic mass is 10.1. The normalized spacial score (nSPS) is 12.1. The Morgan fingerprint density at radius 2 is 2.00 bits per heavy atom. The maximum atomic E-state index is 11.4. The molecule has 20 heavy (non-hydrogen) atoms. The quantitative estimate of drug-likeness (QED) is 0.427. The van der Waals surface area contributed by atoms with Gasteiger partial charge >= 0.3 is 0 Å². The second kappa shape index (κ2) is 3.95. The predicted molar refractivity (Wildman–Crippen MR) is 65.8 cm³/mol. The van der Waals surface area contributed by atoms with E-state index in [9.17, 15) is 23.1 Å². The van der Waals surface area contributed by atoms with Gasteiger partial charge in [-0.3, -0.25) is 14.7 Å². The van der Waals surface area contributed by atoms with E-state index in [1.807, 2.05) is 0 Å². The summed E-state index contributed by atoms with van der Waals surface area (Å²) in [6.45, 7) is 0. The lowest BCUT2D eigenvalue weighted by Crippen LogP contribution is -1.99. The van der Waals surface area contributed by atoms with Gasteiger partial charge in [0.05, 0.1) is 4.92 Å². The number of hydrogen-bond donors (Lipinski definition) is 1. The summed E-state index contributed by atoms with van der Waals surface area (Å²) in [4.78, 5) is 9.73. The van der Waals surface area contributed by atoms with Crippen molar-refractivity contribution in [1.82, 2.24) is 10.4 Å². The van der Waals surface area contributed by atoms with Crippen molar-refractivity contribution in [2.45, 2.75) is 4.90 Å². The first-order valence-corrected chi connectivity index (χ1v) is 6.62. The van der Waals surface area contributed by atoms with Crippen molar-refractivity contribution < 1.29 is 22.4 Å². The minimum atomic E-state index is -4.52. The molecule has 9 nitrogen and oxygen atoms in total. The van der Waals surface area contributed by atoms with Gasteiger partial charge < -0.3 is 4.52 Å². The van der Waals surface area contributed by atoms with E-state index in [0.29, 0.717) is 0 Å². The Morgan fingerprint density at radius 1 is 1.25 bits per heavy atom. The minimum absolute atomic E-state index is 0.00521. The van der Waals surface area contributed by atoms with Crippen LogP contribution < -0.4 is 0 Å². The molecule has 0 saturated heterocycles. The van der Waals surface area contributed by atoms with Crippen molar-refractivity contribution in [3.05, 3.63) is 34.4 Å². The molecule has 1 N–H and O–H groups in total. The van der Waals surface area contributed by atoms with Crippen molar-refractivity contribution in [3.8, 4) is 0 Å². The Hall–Kier alpha value is -2.59. The third-order valence-corrected chi connectivity index (χ3v) is 3.68. The molecule has 0 unspecified atom stereocenters. The van der Waals surface area contributed by atoms with Crippen molar-refractivity contribution in [2.75, 3.05) is 0 Å². The van der Waals surface area contributed by atoms with Crippen LogP contribution in [0.2, 0.25) is 0 Å². The van der Waals surface area contributed by atoms with Crippen LogP contribution in [0.3, 0.4) is 0 Å². The lowest BCUT2D eigenvalue weighted by Gasteiger charge is -2.03. The number of nitro groups is 1. The minimum Gasteiger partial charge on any atom is -0.337 e. The van der Waals surface area contributed by atoms with Crippen LogP contribution in [0.4, 0.5) is 5.69 Å². The zero-order chi connectivity index (χ0) is 14.5. The van der Waals surface area contributed by atoms with Crippen LogP contribution in [-0.4, -0.2) is 28.3 Å². The fourth-order valence-corrected chi connectivity index (χ4v) is 2.66. The highest BCUT2D eigenvalue weighted by Gasteiger charge is 2.21. The van der Waals surface area contributed by atoms with E-state index in [1.54, 1.807) is 0 Å². The zero-order valence-electron chi connectivity index (χ0n) is 9.55. The second-order valence-corrected chi connectivity index (χ2v) is 5.35. The van der Waals surface area contributed by atoms with Crippen molar-refractivity contribution in [1.29, 1.82) is 0 Å². The van der Waals surface area contributed by atoms with Crippen LogP contribution in [0.1, 0.15) is 0 Å². The molecule has 0 aliphatic heterocycles. The summed E-state index contributed by atoms with van der Waals surface area (Å²) in [6.07, 6.45) is 0. The highest BCUT2D eigenvalue weighted by atomic mass is 32.2. The van der Waals surface area contributed by atoms with Crippen molar-refractivity contribution in [2.24, 2.45) is 0 Å². The van der Waals surface area contributed by atoms with E-state index in [4.69, 9.17) is 4.52 Å². The smallest absolute Gasteiger partial charge is 0.295 e. The molecular formula is C10H5N3O6S. The third-order valence-electron chi connectivity index (χ3n) is 2.79. The van der Waals surface area contributed by atoms with E-state index in [0.717, 1.165) is 18.2 Å². The molecule has 1 heterocycles. The van der Waals surface area contributed by atoms with Gasteiger partial charge in [-0.2, -0.15) is 8.42 Å². The van der Waals surface area contributed by atoms with Gasteiger partial charge in [0.15, 0.2) is 5.58 Å². The first-order valence-electron chi connectivity index (χ1n) is 5.18. The highest BCUT2D eigenvalue weighted by molar-refractivity contribution is 7.86. The largest absolute Gasteiger partial charge is 0.337 e. The first-order chi connectivity index (χ1) is 9.38. The molecule has 3 aromatic rings. The van der Waals surface area contributed by atoms with Crippen LogP contribution in [-0.2, 0) is 10.1 Å². The number of benzene rings is 2. The maximum absolute atomic E-state index is 11.4. The van der Waals surface area contributed by atoms with Gasteiger partial charge in [-0.25, -0.2) is 0 Å². The van der Waals surface area contributed by atoms with E-state index < -0.39 is 19.9 Å². The fourth-order valence-electron chi connectivity index (χ4n) is 1.95. The van der Waals surface area contributed by atoms with Crippen LogP contribution >= 0.6 is 0 Å². The molecule has 2 aromatic carbocycles. The molecular weight excluding hydrogens is 290 g/mol. The molecule has 3 rings (SSSR count). The Balaban J connectivity index is 2.55. The van der Waals surface area contributed by atoms with Gasteiger partial charge in [0, 0.05) is 34.2 Å². The molecule has 0 aliphatic rings. The van der Waals surface area contributed by atoms with E-state index >= 15 is 0 Å². The van der Waals surface area contributed by atoms with Crippen LogP contribution in [0, 0.1) is 10.1 Å². The third kappa shape index (κ3) is 1.78. The monoisotopic (exact) mass is 295 g/mol. The summed E-state index contributed by atoms with van der Waals surface area (Å²) in [7, 11) is -4.52. The number of aromatic nitrogens is 2. The average molecular weight is 295 g/mol. The molecule has 0 amide bonds. The molecule has 0 spiro atoms. The Labute approximate surface area is 110 Å². The first kappa shape index (κ1) is 12.4. The number of nitro benzene ring substituents is 1. The molecule has 0 radical (unpaired) electrons.